The normalized spacial score (nSPS) is 15.2. The summed E-state index contributed by atoms with van der Waals surface area (Å²) >= 11 is 5.81. The highest BCUT2D eigenvalue weighted by molar-refractivity contribution is 7.89. The van der Waals surface area contributed by atoms with Crippen molar-refractivity contribution in [1.29, 1.82) is 0 Å². The predicted molar refractivity (Wildman–Crippen MR) is 111 cm³/mol. The van der Waals surface area contributed by atoms with Gasteiger partial charge in [0.25, 0.3) is 5.91 Å². The van der Waals surface area contributed by atoms with E-state index in [0.29, 0.717) is 42.2 Å². The number of hydrogen-bond donors (Lipinski definition) is 2. The summed E-state index contributed by atoms with van der Waals surface area (Å²) in [5, 5.41) is 3.13. The van der Waals surface area contributed by atoms with Gasteiger partial charge in [-0.2, -0.15) is 0 Å². The van der Waals surface area contributed by atoms with Crippen molar-refractivity contribution >= 4 is 39.1 Å². The number of carbonyl (C=O) groups excluding carboxylic acids is 2. The van der Waals surface area contributed by atoms with Gasteiger partial charge >= 0.3 is 0 Å². The monoisotopic (exact) mass is 435 g/mol. The summed E-state index contributed by atoms with van der Waals surface area (Å²) in [4.78, 5) is 25.6. The van der Waals surface area contributed by atoms with Crippen molar-refractivity contribution in [3.05, 3.63) is 59.1 Å². The maximum atomic E-state index is 12.7. The van der Waals surface area contributed by atoms with Crippen molar-refractivity contribution in [2.24, 2.45) is 0 Å². The highest BCUT2D eigenvalue weighted by atomic mass is 35.5. The van der Waals surface area contributed by atoms with Gasteiger partial charge in [0.1, 0.15) is 0 Å². The quantitative estimate of drug-likeness (QED) is 0.754. The molecule has 0 aliphatic carbocycles. The van der Waals surface area contributed by atoms with E-state index in [0.717, 1.165) is 0 Å². The van der Waals surface area contributed by atoms with E-state index in [9.17, 15) is 18.0 Å². The molecular formula is C20H22ClN3O4S. The largest absolute Gasteiger partial charge is 0.339 e. The summed E-state index contributed by atoms with van der Waals surface area (Å²) in [6.07, 6.45) is 1.06. The number of carbonyl (C=O) groups is 2. The molecular weight excluding hydrogens is 414 g/mol. The van der Waals surface area contributed by atoms with Crippen LogP contribution in [-0.2, 0) is 14.8 Å². The van der Waals surface area contributed by atoms with Gasteiger partial charge in [-0.05, 0) is 61.4 Å². The van der Waals surface area contributed by atoms with Crippen LogP contribution in [0, 0.1) is 0 Å². The van der Waals surface area contributed by atoms with Crippen LogP contribution in [0.2, 0.25) is 5.02 Å². The molecule has 7 nitrogen and oxygen atoms in total. The van der Waals surface area contributed by atoms with E-state index in [1.54, 1.807) is 29.2 Å². The Morgan fingerprint density at radius 3 is 2.14 bits per heavy atom. The molecule has 0 unspecified atom stereocenters. The van der Waals surface area contributed by atoms with Crippen LogP contribution < -0.4 is 10.0 Å². The number of hydrogen-bond acceptors (Lipinski definition) is 4. The number of amides is 2. The van der Waals surface area contributed by atoms with E-state index in [-0.39, 0.29) is 22.8 Å². The first-order valence-corrected chi connectivity index (χ1v) is 11.1. The van der Waals surface area contributed by atoms with Crippen molar-refractivity contribution in [3.8, 4) is 0 Å². The summed E-state index contributed by atoms with van der Waals surface area (Å²) in [6, 6.07) is 12.5. The Kier molecular flexibility index (Phi) is 6.56. The Hall–Kier alpha value is -2.42. The number of nitrogens with one attached hydrogen (secondary N) is 2. The number of sulfonamides is 1. The van der Waals surface area contributed by atoms with E-state index >= 15 is 0 Å². The summed E-state index contributed by atoms with van der Waals surface area (Å²) in [6.45, 7) is 2.34. The lowest BCUT2D eigenvalue weighted by Gasteiger charge is -2.32. The molecule has 1 aliphatic heterocycles. The van der Waals surface area contributed by atoms with Gasteiger partial charge in [-0.1, -0.05) is 11.6 Å². The third-order valence-corrected chi connectivity index (χ3v) is 6.47. The summed E-state index contributed by atoms with van der Waals surface area (Å²) in [5.74, 6) is -0.286. The average molecular weight is 436 g/mol. The molecule has 29 heavy (non-hydrogen) atoms. The smallest absolute Gasteiger partial charge is 0.253 e. The zero-order valence-corrected chi connectivity index (χ0v) is 17.5. The van der Waals surface area contributed by atoms with Gasteiger partial charge in [0.05, 0.1) is 4.90 Å². The van der Waals surface area contributed by atoms with Gasteiger partial charge in [0, 0.05) is 42.3 Å². The average Bonchev–Trinajstić information content (AvgIpc) is 2.68. The zero-order chi connectivity index (χ0) is 21.0. The number of anilines is 1. The third kappa shape index (κ3) is 5.56. The highest BCUT2D eigenvalue weighted by Crippen LogP contribution is 2.19. The van der Waals surface area contributed by atoms with Gasteiger partial charge in [0.2, 0.25) is 15.9 Å². The first-order valence-electron chi connectivity index (χ1n) is 9.19. The van der Waals surface area contributed by atoms with E-state index in [1.807, 2.05) is 0 Å². The lowest BCUT2D eigenvalue weighted by Crippen LogP contribution is -2.46. The van der Waals surface area contributed by atoms with E-state index in [4.69, 9.17) is 11.6 Å². The van der Waals surface area contributed by atoms with Crippen LogP contribution in [0.3, 0.4) is 0 Å². The molecule has 0 radical (unpaired) electrons. The van der Waals surface area contributed by atoms with Crippen molar-refractivity contribution in [1.82, 2.24) is 9.62 Å². The molecule has 1 aliphatic rings. The topological polar surface area (TPSA) is 95.6 Å². The number of likely N-dealkylation sites (tertiary alicyclic amines) is 1. The Bertz CT molecular complexity index is 983. The Morgan fingerprint density at radius 1 is 1.00 bits per heavy atom. The fourth-order valence-corrected chi connectivity index (χ4v) is 4.61. The lowest BCUT2D eigenvalue weighted by molar-refractivity contribution is -0.114. The maximum absolute atomic E-state index is 12.7. The van der Waals surface area contributed by atoms with Crippen LogP contribution in [0.15, 0.2) is 53.4 Å². The van der Waals surface area contributed by atoms with Crippen LogP contribution in [0.25, 0.3) is 0 Å². The molecule has 1 fully saturated rings. The van der Waals surface area contributed by atoms with E-state index in [2.05, 4.69) is 10.0 Å². The Morgan fingerprint density at radius 2 is 1.59 bits per heavy atom. The van der Waals surface area contributed by atoms with Crippen LogP contribution in [0.5, 0.6) is 0 Å². The predicted octanol–water partition coefficient (Wildman–Crippen LogP) is 2.88. The van der Waals surface area contributed by atoms with E-state index in [1.165, 1.54) is 31.2 Å². The molecule has 3 rings (SSSR count). The van der Waals surface area contributed by atoms with Crippen LogP contribution >= 0.6 is 11.6 Å². The van der Waals surface area contributed by atoms with Crippen molar-refractivity contribution in [3.63, 3.8) is 0 Å². The third-order valence-electron chi connectivity index (χ3n) is 4.68. The first kappa shape index (κ1) is 21.3. The molecule has 1 heterocycles. The van der Waals surface area contributed by atoms with Crippen LogP contribution in [0.1, 0.15) is 30.1 Å². The molecule has 2 amide bonds. The van der Waals surface area contributed by atoms with Gasteiger partial charge in [-0.25, -0.2) is 13.1 Å². The molecule has 2 aromatic carbocycles. The molecule has 154 valence electrons. The molecule has 9 heteroatoms. The van der Waals surface area contributed by atoms with E-state index < -0.39 is 10.0 Å². The van der Waals surface area contributed by atoms with Gasteiger partial charge in [-0.15, -0.1) is 0 Å². The Balaban J connectivity index is 1.56. The molecule has 2 N–H and O–H groups in total. The number of benzene rings is 2. The van der Waals surface area contributed by atoms with Crippen molar-refractivity contribution in [2.75, 3.05) is 18.4 Å². The molecule has 0 spiro atoms. The molecule has 0 bridgehead atoms. The fourth-order valence-electron chi connectivity index (χ4n) is 3.18. The highest BCUT2D eigenvalue weighted by Gasteiger charge is 2.27. The second kappa shape index (κ2) is 8.94. The van der Waals surface area contributed by atoms with Crippen molar-refractivity contribution < 1.29 is 18.0 Å². The number of rotatable bonds is 5. The fraction of sp³-hybridized carbons (Fsp3) is 0.300. The molecule has 0 aromatic heterocycles. The maximum Gasteiger partial charge on any atom is 0.253 e. The number of piperidine rings is 1. The Labute approximate surface area is 175 Å². The molecule has 0 saturated carbocycles. The van der Waals surface area contributed by atoms with Gasteiger partial charge in [0.15, 0.2) is 0 Å². The minimum absolute atomic E-state index is 0.113. The molecule has 2 aromatic rings. The SMILES string of the molecule is CC(=O)Nc1ccc(C(=O)N2CCC(NS(=O)(=O)c3ccc(Cl)cc3)CC2)cc1. The second-order valence-electron chi connectivity index (χ2n) is 6.90. The molecule has 0 atom stereocenters. The second-order valence-corrected chi connectivity index (χ2v) is 9.05. The standard InChI is InChI=1S/C20H22ClN3O4S/c1-14(25)22-17-6-2-15(3-7-17)20(26)24-12-10-18(11-13-24)23-29(27,28)19-8-4-16(21)5-9-19/h2-9,18,23H,10-13H2,1H3,(H,22,25). The summed E-state index contributed by atoms with van der Waals surface area (Å²) in [5.41, 5.74) is 1.16. The minimum Gasteiger partial charge on any atom is -0.339 e. The summed E-state index contributed by atoms with van der Waals surface area (Å²) in [7, 11) is -3.63. The molecule has 1 saturated heterocycles. The number of nitrogens with zero attached hydrogens (tertiary/aromatic N) is 1. The van der Waals surface area contributed by atoms with Gasteiger partial charge in [-0.3, -0.25) is 9.59 Å². The van der Waals surface area contributed by atoms with Crippen LogP contribution in [-0.4, -0.2) is 44.3 Å². The first-order chi connectivity index (χ1) is 13.7. The lowest BCUT2D eigenvalue weighted by atomic mass is 10.0. The van der Waals surface area contributed by atoms with Gasteiger partial charge < -0.3 is 10.2 Å². The van der Waals surface area contributed by atoms with Crippen molar-refractivity contribution in [2.45, 2.75) is 30.7 Å². The number of halogens is 1. The minimum atomic E-state index is -3.63. The summed E-state index contributed by atoms with van der Waals surface area (Å²) < 4.78 is 27.7. The zero-order valence-electron chi connectivity index (χ0n) is 15.9. The van der Waals surface area contributed by atoms with Crippen LogP contribution in [0.4, 0.5) is 5.69 Å².